The molecular formula is C22H37N9O5S. The van der Waals surface area contributed by atoms with Crippen LogP contribution in [0.1, 0.15) is 37.8 Å². The molecule has 1 saturated heterocycles. The Labute approximate surface area is 219 Å². The first-order chi connectivity index (χ1) is 17.6. The summed E-state index contributed by atoms with van der Waals surface area (Å²) in [6.07, 6.45) is 6.94. The van der Waals surface area contributed by atoms with Gasteiger partial charge in [-0.25, -0.2) is 9.78 Å². The van der Waals surface area contributed by atoms with E-state index < -0.39 is 47.9 Å². The molecule has 0 bridgehead atoms. The summed E-state index contributed by atoms with van der Waals surface area (Å²) in [7, 11) is 0. The number of nitrogens with one attached hydrogen (secondary N) is 3. The summed E-state index contributed by atoms with van der Waals surface area (Å²) >= 11 is 1.50. The van der Waals surface area contributed by atoms with E-state index in [1.165, 1.54) is 29.2 Å². The van der Waals surface area contributed by atoms with Crippen LogP contribution in [0, 0.1) is 0 Å². The van der Waals surface area contributed by atoms with Crippen LogP contribution in [-0.2, 0) is 25.6 Å². The van der Waals surface area contributed by atoms with Crippen LogP contribution in [-0.4, -0.2) is 98.9 Å². The maximum absolute atomic E-state index is 13.3. The number of carboxylic acid groups (broad SMARTS) is 1. The summed E-state index contributed by atoms with van der Waals surface area (Å²) in [5.74, 6) is -2.12. The number of likely N-dealkylation sites (tertiary alicyclic amines) is 1. The van der Waals surface area contributed by atoms with Crippen molar-refractivity contribution in [1.82, 2.24) is 25.5 Å². The zero-order valence-electron chi connectivity index (χ0n) is 20.9. The van der Waals surface area contributed by atoms with Gasteiger partial charge in [0.2, 0.25) is 17.7 Å². The Balaban J connectivity index is 2.12. The van der Waals surface area contributed by atoms with Gasteiger partial charge >= 0.3 is 5.97 Å². The van der Waals surface area contributed by atoms with Crippen LogP contribution in [0.3, 0.4) is 0 Å². The van der Waals surface area contributed by atoms with E-state index in [1.807, 2.05) is 6.26 Å². The molecule has 15 heteroatoms. The lowest BCUT2D eigenvalue weighted by molar-refractivity contribution is -0.149. The van der Waals surface area contributed by atoms with E-state index in [2.05, 4.69) is 25.6 Å². The first-order valence-corrected chi connectivity index (χ1v) is 13.4. The summed E-state index contributed by atoms with van der Waals surface area (Å²) in [6, 6.07) is -3.80. The monoisotopic (exact) mass is 539 g/mol. The van der Waals surface area contributed by atoms with Gasteiger partial charge in [0.15, 0.2) is 5.96 Å². The molecule has 0 aliphatic carbocycles. The number of hydrogen-bond acceptors (Lipinski definition) is 8. The molecule has 4 atom stereocenters. The van der Waals surface area contributed by atoms with E-state index in [9.17, 15) is 24.3 Å². The van der Waals surface area contributed by atoms with Crippen LogP contribution in [0.5, 0.6) is 0 Å². The highest BCUT2D eigenvalue weighted by molar-refractivity contribution is 7.98. The van der Waals surface area contributed by atoms with E-state index in [4.69, 9.17) is 17.2 Å². The van der Waals surface area contributed by atoms with Crippen LogP contribution >= 0.6 is 11.8 Å². The maximum atomic E-state index is 13.3. The molecule has 10 N–H and O–H groups in total. The first-order valence-electron chi connectivity index (χ1n) is 12.0. The van der Waals surface area contributed by atoms with Gasteiger partial charge in [-0.2, -0.15) is 11.8 Å². The number of aromatic nitrogens is 2. The predicted octanol–water partition coefficient (Wildman–Crippen LogP) is -1.87. The second kappa shape index (κ2) is 15.0. The van der Waals surface area contributed by atoms with Crippen molar-refractivity contribution in [3.63, 3.8) is 0 Å². The number of carbonyl (C=O) groups is 4. The van der Waals surface area contributed by atoms with Gasteiger partial charge in [0.1, 0.15) is 18.1 Å². The first kappa shape index (κ1) is 29.9. The van der Waals surface area contributed by atoms with E-state index >= 15 is 0 Å². The predicted molar refractivity (Wildman–Crippen MR) is 139 cm³/mol. The molecule has 0 saturated carbocycles. The summed E-state index contributed by atoms with van der Waals surface area (Å²) in [6.45, 7) is 0.624. The number of amides is 3. The highest BCUT2D eigenvalue weighted by Crippen LogP contribution is 2.20. The van der Waals surface area contributed by atoms with Crippen molar-refractivity contribution >= 4 is 41.4 Å². The molecule has 37 heavy (non-hydrogen) atoms. The van der Waals surface area contributed by atoms with Crippen molar-refractivity contribution in [2.75, 3.05) is 25.1 Å². The molecule has 206 valence electrons. The van der Waals surface area contributed by atoms with Gasteiger partial charge < -0.3 is 42.8 Å². The Morgan fingerprint density at radius 1 is 1.24 bits per heavy atom. The number of hydrogen-bond donors (Lipinski definition) is 7. The minimum Gasteiger partial charge on any atom is -0.480 e. The third kappa shape index (κ3) is 9.57. The number of carboxylic acids is 1. The molecule has 1 fully saturated rings. The standard InChI is InChI=1S/C22H37N9O5S/c1-37-9-6-15(20(34)31-8-3-5-17(31)21(35)36)29-19(33)16(10-13-11-26-12-28-13)30-18(32)14(23)4-2-7-27-22(24)25/h11-12,14-17H,2-10,23H2,1H3,(H,26,28)(H,29,33)(H,30,32)(H,35,36)(H4,24,25,27). The van der Waals surface area contributed by atoms with E-state index in [1.54, 1.807) is 0 Å². The molecule has 4 unspecified atom stereocenters. The number of nitrogens with two attached hydrogens (primary N) is 3. The normalized spacial score (nSPS) is 17.5. The third-order valence-corrected chi connectivity index (χ3v) is 6.61. The van der Waals surface area contributed by atoms with Gasteiger partial charge in [-0.3, -0.25) is 19.4 Å². The Morgan fingerprint density at radius 2 is 1.97 bits per heavy atom. The van der Waals surface area contributed by atoms with Crippen molar-refractivity contribution in [2.45, 2.75) is 62.7 Å². The molecule has 2 heterocycles. The Hall–Kier alpha value is -3.33. The smallest absolute Gasteiger partial charge is 0.326 e. The fourth-order valence-corrected chi connectivity index (χ4v) is 4.48. The number of nitrogens with zero attached hydrogens (tertiary/aromatic N) is 3. The summed E-state index contributed by atoms with van der Waals surface area (Å²) in [4.78, 5) is 62.9. The number of rotatable bonds is 15. The van der Waals surface area contributed by atoms with E-state index in [0.29, 0.717) is 56.6 Å². The molecule has 1 aliphatic rings. The zero-order chi connectivity index (χ0) is 27.4. The third-order valence-electron chi connectivity index (χ3n) is 5.96. The number of carbonyl (C=O) groups excluding carboxylic acids is 3. The van der Waals surface area contributed by atoms with Gasteiger partial charge in [0.25, 0.3) is 0 Å². The number of aliphatic imine (C=N–C) groups is 1. The average Bonchev–Trinajstić information content (AvgIpc) is 3.55. The number of H-pyrrole nitrogens is 1. The van der Waals surface area contributed by atoms with Crippen LogP contribution < -0.4 is 27.8 Å². The number of imidazole rings is 1. The molecule has 0 aromatic carbocycles. The Bertz CT molecular complexity index is 939. The lowest BCUT2D eigenvalue weighted by Gasteiger charge is -2.29. The maximum Gasteiger partial charge on any atom is 0.326 e. The Morgan fingerprint density at radius 3 is 2.59 bits per heavy atom. The Kier molecular flexibility index (Phi) is 12.2. The second-order valence-electron chi connectivity index (χ2n) is 8.77. The van der Waals surface area contributed by atoms with Gasteiger partial charge in [-0.05, 0) is 44.1 Å². The molecule has 0 radical (unpaired) electrons. The number of aliphatic carboxylic acids is 1. The second-order valence-corrected chi connectivity index (χ2v) is 9.75. The van der Waals surface area contributed by atoms with Crippen molar-refractivity contribution in [2.24, 2.45) is 22.2 Å². The quantitative estimate of drug-likeness (QED) is 0.0744. The molecule has 1 aliphatic heterocycles. The van der Waals surface area contributed by atoms with Gasteiger partial charge in [0.05, 0.1) is 12.4 Å². The van der Waals surface area contributed by atoms with Gasteiger partial charge in [-0.15, -0.1) is 0 Å². The highest BCUT2D eigenvalue weighted by atomic mass is 32.2. The SMILES string of the molecule is CSCCC(NC(=O)C(Cc1cnc[nH]1)NC(=O)C(N)CCCN=C(N)N)C(=O)N1CCCC1C(=O)O. The van der Waals surface area contributed by atoms with Gasteiger partial charge in [-0.1, -0.05) is 0 Å². The average molecular weight is 540 g/mol. The fraction of sp³-hybridized carbons (Fsp3) is 0.636. The molecule has 1 aromatic heterocycles. The molecule has 2 rings (SSSR count). The highest BCUT2D eigenvalue weighted by Gasteiger charge is 2.38. The topological polar surface area (TPSA) is 235 Å². The fourth-order valence-electron chi connectivity index (χ4n) is 4.01. The van der Waals surface area contributed by atoms with Crippen LogP contribution in [0.15, 0.2) is 17.5 Å². The van der Waals surface area contributed by atoms with Crippen molar-refractivity contribution < 1.29 is 24.3 Å². The number of guanidine groups is 1. The van der Waals surface area contributed by atoms with Crippen LogP contribution in [0.2, 0.25) is 0 Å². The minimum atomic E-state index is -1.07. The summed E-state index contributed by atoms with van der Waals surface area (Å²) in [5.41, 5.74) is 17.2. The molecule has 14 nitrogen and oxygen atoms in total. The van der Waals surface area contributed by atoms with E-state index in [0.717, 1.165) is 0 Å². The molecule has 1 aromatic rings. The lowest BCUT2D eigenvalue weighted by Crippen LogP contribution is -2.57. The summed E-state index contributed by atoms with van der Waals surface area (Å²) < 4.78 is 0. The summed E-state index contributed by atoms with van der Waals surface area (Å²) in [5, 5.41) is 14.9. The molecule has 3 amide bonds. The zero-order valence-corrected chi connectivity index (χ0v) is 21.7. The number of aromatic amines is 1. The van der Waals surface area contributed by atoms with Crippen molar-refractivity contribution in [3.8, 4) is 0 Å². The minimum absolute atomic E-state index is 0.0523. The van der Waals surface area contributed by atoms with Crippen molar-refractivity contribution in [1.29, 1.82) is 0 Å². The van der Waals surface area contributed by atoms with Crippen LogP contribution in [0.4, 0.5) is 0 Å². The number of thioether (sulfide) groups is 1. The largest absolute Gasteiger partial charge is 0.480 e. The van der Waals surface area contributed by atoms with Crippen LogP contribution in [0.25, 0.3) is 0 Å². The molecule has 0 spiro atoms. The lowest BCUT2D eigenvalue weighted by atomic mass is 10.1. The van der Waals surface area contributed by atoms with Crippen molar-refractivity contribution in [3.05, 3.63) is 18.2 Å². The molecular weight excluding hydrogens is 502 g/mol. The van der Waals surface area contributed by atoms with Gasteiger partial charge in [0, 0.05) is 31.4 Å². The van der Waals surface area contributed by atoms with E-state index in [-0.39, 0.29) is 12.4 Å².